The van der Waals surface area contributed by atoms with Gasteiger partial charge in [-0.05, 0) is 69.4 Å². The lowest BCUT2D eigenvalue weighted by Crippen LogP contribution is -2.37. The van der Waals surface area contributed by atoms with Gasteiger partial charge < -0.3 is 4.90 Å². The number of benzene rings is 2. The Morgan fingerprint density at radius 2 is 1.77 bits per heavy atom. The van der Waals surface area contributed by atoms with E-state index < -0.39 is 15.7 Å². The van der Waals surface area contributed by atoms with Crippen LogP contribution >= 0.6 is 11.3 Å². The van der Waals surface area contributed by atoms with Crippen molar-refractivity contribution in [3.8, 4) is 0 Å². The third kappa shape index (κ3) is 5.66. The first-order chi connectivity index (χ1) is 14.6. The molecule has 0 N–H and O–H groups in total. The highest BCUT2D eigenvalue weighted by Gasteiger charge is 2.23. The number of hydrogen-bond acceptors (Lipinski definition) is 6. The van der Waals surface area contributed by atoms with Gasteiger partial charge in [-0.1, -0.05) is 17.4 Å². The molecule has 0 spiro atoms. The van der Waals surface area contributed by atoms with E-state index in [9.17, 15) is 17.6 Å². The number of aromatic nitrogens is 1. The molecule has 6 nitrogen and oxygen atoms in total. The van der Waals surface area contributed by atoms with Crippen LogP contribution in [-0.4, -0.2) is 57.1 Å². The summed E-state index contributed by atoms with van der Waals surface area (Å²) in [5.74, 6) is -1.16. The third-order valence-corrected chi connectivity index (χ3v) is 7.64. The van der Waals surface area contributed by atoms with Gasteiger partial charge in [-0.2, -0.15) is 0 Å². The number of fused-ring (bicyclic) bond motifs is 1. The van der Waals surface area contributed by atoms with Crippen molar-refractivity contribution in [2.45, 2.75) is 25.2 Å². The molecular formula is C22H26FN3O3S2. The van der Waals surface area contributed by atoms with Gasteiger partial charge in [0.25, 0.3) is 0 Å². The van der Waals surface area contributed by atoms with Crippen LogP contribution in [0.1, 0.15) is 17.5 Å². The van der Waals surface area contributed by atoms with Crippen LogP contribution in [0.3, 0.4) is 0 Å². The number of aryl methyl sites for hydroxylation is 2. The largest absolute Gasteiger partial charge is 0.308 e. The molecule has 0 saturated carbocycles. The first-order valence-electron chi connectivity index (χ1n) is 9.88. The van der Waals surface area contributed by atoms with Crippen LogP contribution in [0.15, 0.2) is 41.3 Å². The van der Waals surface area contributed by atoms with Gasteiger partial charge in [0.05, 0.1) is 20.9 Å². The smallest absolute Gasteiger partial charge is 0.229 e. The summed E-state index contributed by atoms with van der Waals surface area (Å²) < 4.78 is 39.3. The molecule has 0 atom stereocenters. The molecule has 31 heavy (non-hydrogen) atoms. The molecule has 2 aromatic carbocycles. The number of sulfone groups is 1. The topological polar surface area (TPSA) is 70.6 Å². The number of halogens is 1. The van der Waals surface area contributed by atoms with Crippen molar-refractivity contribution >= 4 is 42.4 Å². The van der Waals surface area contributed by atoms with Gasteiger partial charge in [-0.15, -0.1) is 0 Å². The van der Waals surface area contributed by atoms with E-state index in [1.807, 2.05) is 45.0 Å². The molecule has 166 valence electrons. The minimum Gasteiger partial charge on any atom is -0.308 e. The Balaban J connectivity index is 1.84. The fraction of sp³-hybridized carbons (Fsp3) is 0.364. The number of carbonyl (C=O) groups is 1. The molecule has 0 radical (unpaired) electrons. The first-order valence-corrected chi connectivity index (χ1v) is 12.3. The van der Waals surface area contributed by atoms with Gasteiger partial charge >= 0.3 is 0 Å². The molecule has 0 aliphatic carbocycles. The van der Waals surface area contributed by atoms with E-state index in [-0.39, 0.29) is 23.0 Å². The third-order valence-electron chi connectivity index (χ3n) is 4.88. The van der Waals surface area contributed by atoms with Gasteiger partial charge in [-0.25, -0.2) is 17.8 Å². The number of carbonyl (C=O) groups excluding carboxylic acids is 1. The minimum absolute atomic E-state index is 0.00706. The van der Waals surface area contributed by atoms with Crippen molar-refractivity contribution in [2.75, 3.05) is 37.8 Å². The molecule has 3 rings (SSSR count). The predicted octanol–water partition coefficient (Wildman–Crippen LogP) is 3.81. The van der Waals surface area contributed by atoms with Crippen LogP contribution in [0.25, 0.3) is 10.2 Å². The quantitative estimate of drug-likeness (QED) is 0.475. The molecule has 1 amide bonds. The lowest BCUT2D eigenvalue weighted by atomic mass is 10.1. The second-order valence-corrected chi connectivity index (χ2v) is 10.9. The molecular weight excluding hydrogens is 437 g/mol. The van der Waals surface area contributed by atoms with E-state index in [1.165, 1.54) is 23.5 Å². The van der Waals surface area contributed by atoms with E-state index in [1.54, 1.807) is 4.90 Å². The summed E-state index contributed by atoms with van der Waals surface area (Å²) >= 11 is 1.43. The summed E-state index contributed by atoms with van der Waals surface area (Å²) in [5.41, 5.74) is 3.01. The van der Waals surface area contributed by atoms with Gasteiger partial charge in [0.15, 0.2) is 15.0 Å². The summed E-state index contributed by atoms with van der Waals surface area (Å²) in [6, 6.07) is 8.73. The number of anilines is 1. The summed E-state index contributed by atoms with van der Waals surface area (Å²) in [5, 5.41) is 0.565. The van der Waals surface area contributed by atoms with E-state index in [2.05, 4.69) is 4.98 Å². The fourth-order valence-electron chi connectivity index (χ4n) is 3.22. The minimum atomic E-state index is -3.70. The van der Waals surface area contributed by atoms with Gasteiger partial charge in [-0.3, -0.25) is 9.69 Å². The number of hydrogen-bond donors (Lipinski definition) is 0. The molecule has 0 saturated heterocycles. The van der Waals surface area contributed by atoms with Crippen molar-refractivity contribution in [3.05, 3.63) is 53.3 Å². The average molecular weight is 464 g/mol. The van der Waals surface area contributed by atoms with Crippen LogP contribution in [0.4, 0.5) is 9.52 Å². The second-order valence-electron chi connectivity index (χ2n) is 7.80. The number of rotatable bonds is 8. The molecule has 0 bridgehead atoms. The van der Waals surface area contributed by atoms with E-state index in [4.69, 9.17) is 0 Å². The van der Waals surface area contributed by atoms with Crippen LogP contribution < -0.4 is 4.90 Å². The Morgan fingerprint density at radius 3 is 2.42 bits per heavy atom. The van der Waals surface area contributed by atoms with Crippen molar-refractivity contribution < 1.29 is 17.6 Å². The number of nitrogens with zero attached hydrogens (tertiary/aromatic N) is 3. The summed E-state index contributed by atoms with van der Waals surface area (Å²) in [6.07, 6.45) is -0.179. The maximum atomic E-state index is 13.1. The van der Waals surface area contributed by atoms with Gasteiger partial charge in [0.2, 0.25) is 5.91 Å². The highest BCUT2D eigenvalue weighted by molar-refractivity contribution is 7.91. The number of thiazole rings is 1. The molecule has 1 aromatic heterocycles. The van der Waals surface area contributed by atoms with Crippen LogP contribution in [0, 0.1) is 19.7 Å². The molecule has 0 aliphatic heterocycles. The van der Waals surface area contributed by atoms with E-state index in [0.717, 1.165) is 33.5 Å². The van der Waals surface area contributed by atoms with Crippen molar-refractivity contribution in [1.29, 1.82) is 0 Å². The SMILES string of the molecule is Cc1cc(C)c2nc(N(CCN(C)C)C(=O)CCS(=O)(=O)c3ccc(F)cc3)sc2c1. The maximum absolute atomic E-state index is 13.1. The summed E-state index contributed by atoms with van der Waals surface area (Å²) in [6.45, 7) is 5.02. The lowest BCUT2D eigenvalue weighted by Gasteiger charge is -2.22. The fourth-order valence-corrected chi connectivity index (χ4v) is 5.63. The van der Waals surface area contributed by atoms with E-state index >= 15 is 0 Å². The normalized spacial score (nSPS) is 11.9. The lowest BCUT2D eigenvalue weighted by molar-refractivity contribution is -0.118. The predicted molar refractivity (Wildman–Crippen MR) is 123 cm³/mol. The van der Waals surface area contributed by atoms with Crippen molar-refractivity contribution in [3.63, 3.8) is 0 Å². The van der Waals surface area contributed by atoms with Crippen LogP contribution in [0.5, 0.6) is 0 Å². The Bertz CT molecular complexity index is 1190. The first kappa shape index (κ1) is 23.3. The molecule has 3 aromatic rings. The van der Waals surface area contributed by atoms with E-state index in [0.29, 0.717) is 18.2 Å². The standard InChI is InChI=1S/C22H26FN3O3S2/c1-15-13-16(2)21-19(14-15)30-22(24-21)26(11-10-25(3)4)20(27)9-12-31(28,29)18-7-5-17(23)6-8-18/h5-8,13-14H,9-12H2,1-4H3. The zero-order chi connectivity index (χ0) is 22.8. The number of likely N-dealkylation sites (N-methyl/N-ethyl adjacent to an activating group) is 1. The van der Waals surface area contributed by atoms with Crippen LogP contribution in [-0.2, 0) is 14.6 Å². The Hall–Kier alpha value is -2.36. The Morgan fingerprint density at radius 1 is 1.10 bits per heavy atom. The maximum Gasteiger partial charge on any atom is 0.229 e. The van der Waals surface area contributed by atoms with Gasteiger partial charge in [0.1, 0.15) is 5.82 Å². The van der Waals surface area contributed by atoms with Crippen molar-refractivity contribution in [1.82, 2.24) is 9.88 Å². The molecule has 1 heterocycles. The monoisotopic (exact) mass is 463 g/mol. The highest BCUT2D eigenvalue weighted by atomic mass is 32.2. The Kier molecular flexibility index (Phi) is 7.08. The zero-order valence-electron chi connectivity index (χ0n) is 18.1. The van der Waals surface area contributed by atoms with Crippen LogP contribution in [0.2, 0.25) is 0 Å². The number of amides is 1. The molecule has 9 heteroatoms. The highest BCUT2D eigenvalue weighted by Crippen LogP contribution is 2.32. The zero-order valence-corrected chi connectivity index (χ0v) is 19.7. The Labute approximate surface area is 186 Å². The van der Waals surface area contributed by atoms with Crippen molar-refractivity contribution in [2.24, 2.45) is 0 Å². The van der Waals surface area contributed by atoms with Gasteiger partial charge in [0, 0.05) is 19.5 Å². The summed E-state index contributed by atoms with van der Waals surface area (Å²) in [7, 11) is 0.123. The molecule has 0 fully saturated rings. The average Bonchev–Trinajstić information content (AvgIpc) is 3.10. The second kappa shape index (κ2) is 9.42. The summed E-state index contributed by atoms with van der Waals surface area (Å²) in [4.78, 5) is 21.3. The molecule has 0 unspecified atom stereocenters. The molecule has 0 aliphatic rings.